The van der Waals surface area contributed by atoms with Gasteiger partial charge in [-0.05, 0) is 46.8 Å². The van der Waals surface area contributed by atoms with Crippen LogP contribution >= 0.6 is 0 Å². The number of rotatable bonds is 9. The van der Waals surface area contributed by atoms with Crippen LogP contribution in [0, 0.1) is 0 Å². The number of phenols is 1. The largest absolute Gasteiger partial charge is 0.507 e. The number of nitrogens with zero attached hydrogens (tertiary/aromatic N) is 1. The van der Waals surface area contributed by atoms with Crippen LogP contribution in [0.3, 0.4) is 0 Å². The number of phenolic OH excluding ortho intramolecular Hbond substituents is 1. The molecular formula is C25H41N3O2. The number of amides is 1. The Kier molecular flexibility index (Phi) is 8.34. The van der Waals surface area contributed by atoms with E-state index in [9.17, 15) is 9.90 Å². The van der Waals surface area contributed by atoms with E-state index in [4.69, 9.17) is 0 Å². The fraction of sp³-hybridized carbons (Fsp3) is 0.680. The molecule has 0 saturated carbocycles. The number of hydrogen-bond acceptors (Lipinski definition) is 4. The molecule has 2 rings (SSSR count). The predicted molar refractivity (Wildman–Crippen MR) is 126 cm³/mol. The molecule has 5 nitrogen and oxygen atoms in total. The highest BCUT2D eigenvalue weighted by molar-refractivity contribution is 5.83. The molecule has 1 amide bonds. The molecule has 0 spiro atoms. The van der Waals surface area contributed by atoms with Crippen molar-refractivity contribution >= 4 is 11.7 Å². The van der Waals surface area contributed by atoms with E-state index in [0.29, 0.717) is 18.6 Å². The monoisotopic (exact) mass is 415 g/mol. The molecule has 0 fully saturated rings. The van der Waals surface area contributed by atoms with Crippen molar-refractivity contribution < 1.29 is 9.90 Å². The Morgan fingerprint density at radius 1 is 1.03 bits per heavy atom. The Morgan fingerprint density at radius 3 is 2.20 bits per heavy atom. The summed E-state index contributed by atoms with van der Waals surface area (Å²) in [6.45, 7) is 15.3. The van der Waals surface area contributed by atoms with Crippen molar-refractivity contribution in [1.82, 2.24) is 10.6 Å². The average molecular weight is 416 g/mol. The zero-order valence-electron chi connectivity index (χ0n) is 19.8. The fourth-order valence-electron chi connectivity index (χ4n) is 3.76. The zero-order chi connectivity index (χ0) is 22.4. The molecular weight excluding hydrogens is 374 g/mol. The lowest BCUT2D eigenvalue weighted by molar-refractivity contribution is -0.121. The average Bonchev–Trinajstić information content (AvgIpc) is 3.15. The van der Waals surface area contributed by atoms with Crippen molar-refractivity contribution in [3.05, 3.63) is 28.8 Å². The number of benzene rings is 1. The summed E-state index contributed by atoms with van der Waals surface area (Å²) < 4.78 is 0. The fourth-order valence-corrected chi connectivity index (χ4v) is 3.76. The first-order valence-corrected chi connectivity index (χ1v) is 11.4. The van der Waals surface area contributed by atoms with Gasteiger partial charge in [-0.2, -0.15) is 0 Å². The van der Waals surface area contributed by atoms with E-state index in [1.165, 1.54) is 0 Å². The normalized spacial score (nSPS) is 14.4. The first-order valence-electron chi connectivity index (χ1n) is 11.4. The molecule has 1 heterocycles. The number of nitrogens with one attached hydrogen (secondary N) is 2. The molecule has 0 atom stereocenters. The second-order valence-electron chi connectivity index (χ2n) is 10.5. The van der Waals surface area contributed by atoms with E-state index in [2.05, 4.69) is 69.3 Å². The van der Waals surface area contributed by atoms with Gasteiger partial charge in [0.05, 0.1) is 12.4 Å². The Hall–Kier alpha value is -2.04. The standard InChI is InChI=1S/C25H41N3O2/c1-24(2,3)19-16-18(17-20(23(19)30)25(4,5)6)11-12-22(29)28-13-9-7-8-10-21-26-14-15-27-21/h16-17,30H,7-15H2,1-6H3,(H,26,27)(H,28,29). The van der Waals surface area contributed by atoms with Gasteiger partial charge < -0.3 is 15.7 Å². The lowest BCUT2D eigenvalue weighted by Gasteiger charge is -2.28. The topological polar surface area (TPSA) is 73.7 Å². The number of hydrogen-bond donors (Lipinski definition) is 3. The summed E-state index contributed by atoms with van der Waals surface area (Å²) in [5.41, 5.74) is 2.71. The summed E-state index contributed by atoms with van der Waals surface area (Å²) >= 11 is 0. The van der Waals surface area contributed by atoms with Gasteiger partial charge in [-0.3, -0.25) is 9.79 Å². The first-order chi connectivity index (χ1) is 14.0. The predicted octanol–water partition coefficient (Wildman–Crippen LogP) is 4.60. The van der Waals surface area contributed by atoms with E-state index in [1.54, 1.807) is 0 Å². The number of carbonyl (C=O) groups excluding carboxylic acids is 1. The summed E-state index contributed by atoms with van der Waals surface area (Å²) in [6, 6.07) is 4.13. The Morgan fingerprint density at radius 2 is 1.67 bits per heavy atom. The molecule has 0 saturated heterocycles. The van der Waals surface area contributed by atoms with E-state index in [-0.39, 0.29) is 16.7 Å². The van der Waals surface area contributed by atoms with Crippen molar-refractivity contribution in [3.8, 4) is 5.75 Å². The van der Waals surface area contributed by atoms with Crippen molar-refractivity contribution in [1.29, 1.82) is 0 Å². The van der Waals surface area contributed by atoms with Gasteiger partial charge in [0, 0.05) is 25.9 Å². The van der Waals surface area contributed by atoms with Crippen LogP contribution in [-0.2, 0) is 22.0 Å². The maximum absolute atomic E-state index is 12.3. The minimum Gasteiger partial charge on any atom is -0.507 e. The molecule has 1 aromatic rings. The zero-order valence-corrected chi connectivity index (χ0v) is 19.8. The molecule has 1 aliphatic heterocycles. The molecule has 1 aliphatic rings. The third kappa shape index (κ3) is 7.33. The first kappa shape index (κ1) is 24.2. The smallest absolute Gasteiger partial charge is 0.220 e. The van der Waals surface area contributed by atoms with Crippen molar-refractivity contribution in [2.45, 2.75) is 90.9 Å². The van der Waals surface area contributed by atoms with Crippen LogP contribution in [0.1, 0.15) is 90.3 Å². The number of aliphatic imine (C=N–C) groups is 1. The molecule has 5 heteroatoms. The molecule has 30 heavy (non-hydrogen) atoms. The SMILES string of the molecule is CC(C)(C)c1cc(CCC(=O)NCCCCCC2=NCCN2)cc(C(C)(C)C)c1O. The Bertz CT molecular complexity index is 720. The van der Waals surface area contributed by atoms with Crippen molar-refractivity contribution in [2.24, 2.45) is 4.99 Å². The number of carbonyl (C=O) groups is 1. The summed E-state index contributed by atoms with van der Waals surface area (Å²) in [5, 5.41) is 17.2. The van der Waals surface area contributed by atoms with E-state index in [0.717, 1.165) is 67.8 Å². The lowest BCUT2D eigenvalue weighted by atomic mass is 9.78. The van der Waals surface area contributed by atoms with Gasteiger partial charge in [0.15, 0.2) is 0 Å². The summed E-state index contributed by atoms with van der Waals surface area (Å²) in [5.74, 6) is 1.62. The summed E-state index contributed by atoms with van der Waals surface area (Å²) in [6.07, 6.45) is 5.38. The van der Waals surface area contributed by atoms with Crippen LogP contribution in [0.5, 0.6) is 5.75 Å². The van der Waals surface area contributed by atoms with Gasteiger partial charge in [-0.25, -0.2) is 0 Å². The minimum absolute atomic E-state index is 0.0968. The highest BCUT2D eigenvalue weighted by Crippen LogP contribution is 2.39. The van der Waals surface area contributed by atoms with Gasteiger partial charge in [-0.15, -0.1) is 0 Å². The van der Waals surface area contributed by atoms with Crippen LogP contribution < -0.4 is 10.6 Å². The van der Waals surface area contributed by atoms with Gasteiger partial charge in [0.1, 0.15) is 5.75 Å². The highest BCUT2D eigenvalue weighted by Gasteiger charge is 2.26. The maximum Gasteiger partial charge on any atom is 0.220 e. The van der Waals surface area contributed by atoms with E-state index >= 15 is 0 Å². The number of unbranched alkanes of at least 4 members (excludes halogenated alkanes) is 2. The number of aromatic hydroxyl groups is 1. The van der Waals surface area contributed by atoms with Crippen LogP contribution in [0.15, 0.2) is 17.1 Å². The molecule has 1 aromatic carbocycles. The highest BCUT2D eigenvalue weighted by atomic mass is 16.3. The molecule has 0 unspecified atom stereocenters. The third-order valence-electron chi connectivity index (χ3n) is 5.58. The van der Waals surface area contributed by atoms with Gasteiger partial charge in [0.2, 0.25) is 5.91 Å². The van der Waals surface area contributed by atoms with Gasteiger partial charge in [0.25, 0.3) is 0 Å². The molecule has 0 radical (unpaired) electrons. The maximum atomic E-state index is 12.3. The number of amidine groups is 1. The molecule has 3 N–H and O–H groups in total. The van der Waals surface area contributed by atoms with E-state index < -0.39 is 0 Å². The van der Waals surface area contributed by atoms with E-state index in [1.807, 2.05) is 0 Å². The van der Waals surface area contributed by atoms with Crippen molar-refractivity contribution in [2.75, 3.05) is 19.6 Å². The number of aryl methyl sites for hydroxylation is 1. The molecule has 0 bridgehead atoms. The van der Waals surface area contributed by atoms with Crippen molar-refractivity contribution in [3.63, 3.8) is 0 Å². The summed E-state index contributed by atoms with van der Waals surface area (Å²) in [7, 11) is 0. The molecule has 168 valence electrons. The van der Waals surface area contributed by atoms with Crippen LogP contribution in [0.4, 0.5) is 0 Å². The third-order valence-corrected chi connectivity index (χ3v) is 5.58. The second kappa shape index (κ2) is 10.3. The van der Waals surface area contributed by atoms with Crippen LogP contribution in [0.2, 0.25) is 0 Å². The quantitative estimate of drug-likeness (QED) is 0.516. The molecule has 0 aliphatic carbocycles. The van der Waals surface area contributed by atoms with Gasteiger partial charge in [-0.1, -0.05) is 60.1 Å². The van der Waals surface area contributed by atoms with Crippen LogP contribution in [-0.4, -0.2) is 36.5 Å². The lowest BCUT2D eigenvalue weighted by Crippen LogP contribution is -2.25. The minimum atomic E-state index is -0.151. The molecule has 0 aromatic heterocycles. The summed E-state index contributed by atoms with van der Waals surface area (Å²) in [4.78, 5) is 16.7. The van der Waals surface area contributed by atoms with Crippen LogP contribution in [0.25, 0.3) is 0 Å². The Balaban J connectivity index is 1.83. The Labute approximate surface area is 182 Å². The van der Waals surface area contributed by atoms with Gasteiger partial charge >= 0.3 is 0 Å². The second-order valence-corrected chi connectivity index (χ2v) is 10.5.